The monoisotopic (exact) mass is 320 g/mol. The molecule has 2 aromatic rings. The molecule has 0 aliphatic heterocycles. The molecule has 0 saturated carbocycles. The number of carbonyl (C=O) groups excluding carboxylic acids is 1. The Kier molecular flexibility index (Phi) is 4.48. The lowest BCUT2D eigenvalue weighted by Gasteiger charge is -2.17. The van der Waals surface area contributed by atoms with Gasteiger partial charge in [-0.3, -0.25) is 9.48 Å². The molecule has 23 heavy (non-hydrogen) atoms. The van der Waals surface area contributed by atoms with E-state index in [1.807, 2.05) is 20.9 Å². The third-order valence-corrected chi connectivity index (χ3v) is 3.94. The van der Waals surface area contributed by atoms with Gasteiger partial charge in [0.05, 0.1) is 29.1 Å². The van der Waals surface area contributed by atoms with Gasteiger partial charge < -0.3 is 15.4 Å². The van der Waals surface area contributed by atoms with E-state index in [9.17, 15) is 14.9 Å². The van der Waals surface area contributed by atoms with Gasteiger partial charge in [-0.05, 0) is 32.6 Å². The predicted octanol–water partition coefficient (Wildman–Crippen LogP) is 1.58. The summed E-state index contributed by atoms with van der Waals surface area (Å²) in [4.78, 5) is 22.6. The summed E-state index contributed by atoms with van der Waals surface area (Å²) in [7, 11) is 1.84. The Morgan fingerprint density at radius 1 is 1.39 bits per heavy atom. The van der Waals surface area contributed by atoms with E-state index in [-0.39, 0.29) is 17.8 Å². The zero-order valence-electron chi connectivity index (χ0n) is 13.8. The fourth-order valence-corrected chi connectivity index (χ4v) is 2.42. The molecule has 0 aliphatic rings. The standard InChI is InChI=1S/C14H20N6O3/c1-8-6-13(20(22)23)17-19(8)11(4)14(21)16-9(2)12-7-15-18(5)10(12)3/h6-7,9,11H,1-5H3,(H,16,21). The molecule has 0 bridgehead atoms. The minimum absolute atomic E-state index is 0.218. The lowest BCUT2D eigenvalue weighted by atomic mass is 10.1. The van der Waals surface area contributed by atoms with Crippen LogP contribution in [-0.4, -0.2) is 30.4 Å². The van der Waals surface area contributed by atoms with Crippen molar-refractivity contribution < 1.29 is 9.72 Å². The van der Waals surface area contributed by atoms with Gasteiger partial charge in [-0.15, -0.1) is 0 Å². The SMILES string of the molecule is Cc1c(C(C)NC(=O)C(C)n2nc([N+](=O)[O-])cc2C)cnn1C. The molecule has 0 fully saturated rings. The number of nitrogens with one attached hydrogen (secondary N) is 1. The lowest BCUT2D eigenvalue weighted by Crippen LogP contribution is -2.34. The first kappa shape index (κ1) is 16.7. The summed E-state index contributed by atoms with van der Waals surface area (Å²) in [6.45, 7) is 7.13. The molecule has 9 heteroatoms. The normalized spacial score (nSPS) is 13.6. The van der Waals surface area contributed by atoms with Crippen molar-refractivity contribution in [1.82, 2.24) is 24.9 Å². The highest BCUT2D eigenvalue weighted by atomic mass is 16.6. The van der Waals surface area contributed by atoms with Gasteiger partial charge in [0.15, 0.2) is 0 Å². The van der Waals surface area contributed by atoms with Crippen LogP contribution in [0.4, 0.5) is 5.82 Å². The molecule has 2 rings (SSSR count). The van der Waals surface area contributed by atoms with Crippen molar-refractivity contribution in [2.75, 3.05) is 0 Å². The number of aromatic nitrogens is 4. The van der Waals surface area contributed by atoms with Crippen LogP contribution in [0.25, 0.3) is 0 Å². The van der Waals surface area contributed by atoms with Crippen molar-refractivity contribution in [3.05, 3.63) is 39.3 Å². The predicted molar refractivity (Wildman–Crippen MR) is 82.8 cm³/mol. The largest absolute Gasteiger partial charge is 0.390 e. The molecular formula is C14H20N6O3. The Balaban J connectivity index is 2.14. The smallest absolute Gasteiger partial charge is 0.358 e. The third kappa shape index (κ3) is 3.22. The van der Waals surface area contributed by atoms with Crippen molar-refractivity contribution in [3.8, 4) is 0 Å². The first-order valence-corrected chi connectivity index (χ1v) is 7.21. The van der Waals surface area contributed by atoms with E-state index < -0.39 is 11.0 Å². The van der Waals surface area contributed by atoms with E-state index in [4.69, 9.17) is 0 Å². The van der Waals surface area contributed by atoms with Gasteiger partial charge in [-0.2, -0.15) is 9.78 Å². The highest BCUT2D eigenvalue weighted by molar-refractivity contribution is 5.80. The molecule has 0 aliphatic carbocycles. The quantitative estimate of drug-likeness (QED) is 0.664. The molecule has 2 atom stereocenters. The van der Waals surface area contributed by atoms with E-state index in [1.54, 1.807) is 24.7 Å². The second-order valence-electron chi connectivity index (χ2n) is 5.56. The summed E-state index contributed by atoms with van der Waals surface area (Å²) in [5.41, 5.74) is 2.46. The van der Waals surface area contributed by atoms with Crippen molar-refractivity contribution >= 4 is 11.7 Å². The van der Waals surface area contributed by atoms with Crippen molar-refractivity contribution in [2.24, 2.45) is 7.05 Å². The minimum Gasteiger partial charge on any atom is -0.358 e. The zero-order chi connectivity index (χ0) is 17.3. The Hall–Kier alpha value is -2.71. The maximum atomic E-state index is 12.4. The minimum atomic E-state index is -0.650. The van der Waals surface area contributed by atoms with Crippen LogP contribution in [-0.2, 0) is 11.8 Å². The summed E-state index contributed by atoms with van der Waals surface area (Å²) < 4.78 is 3.10. The molecule has 1 amide bonds. The third-order valence-electron chi connectivity index (χ3n) is 3.94. The summed E-state index contributed by atoms with van der Waals surface area (Å²) >= 11 is 0. The highest BCUT2D eigenvalue weighted by Crippen LogP contribution is 2.19. The number of nitro groups is 1. The van der Waals surface area contributed by atoms with Crippen LogP contribution >= 0.6 is 0 Å². The van der Waals surface area contributed by atoms with Crippen LogP contribution in [0.5, 0.6) is 0 Å². The molecule has 2 aromatic heterocycles. The Labute approximate surface area is 133 Å². The first-order valence-electron chi connectivity index (χ1n) is 7.21. The maximum absolute atomic E-state index is 12.4. The molecule has 2 unspecified atom stereocenters. The number of nitrogens with zero attached hydrogens (tertiary/aromatic N) is 5. The van der Waals surface area contributed by atoms with Crippen molar-refractivity contribution in [1.29, 1.82) is 0 Å². The molecule has 0 spiro atoms. The highest BCUT2D eigenvalue weighted by Gasteiger charge is 2.26. The van der Waals surface area contributed by atoms with Gasteiger partial charge in [-0.1, -0.05) is 0 Å². The van der Waals surface area contributed by atoms with E-state index in [1.165, 1.54) is 10.7 Å². The number of amides is 1. The molecule has 124 valence electrons. The summed E-state index contributed by atoms with van der Waals surface area (Å²) in [6.07, 6.45) is 1.72. The lowest BCUT2D eigenvalue weighted by molar-refractivity contribution is -0.389. The molecule has 9 nitrogen and oxygen atoms in total. The van der Waals surface area contributed by atoms with E-state index >= 15 is 0 Å². The number of aryl methyl sites for hydroxylation is 2. The van der Waals surface area contributed by atoms with Gasteiger partial charge in [0.1, 0.15) is 6.04 Å². The van der Waals surface area contributed by atoms with Gasteiger partial charge in [0.25, 0.3) is 0 Å². The molecule has 2 heterocycles. The Bertz CT molecular complexity index is 748. The number of hydrogen-bond donors (Lipinski definition) is 1. The average molecular weight is 320 g/mol. The fourth-order valence-electron chi connectivity index (χ4n) is 2.42. The van der Waals surface area contributed by atoms with Crippen LogP contribution in [0.1, 0.15) is 42.9 Å². The van der Waals surface area contributed by atoms with Gasteiger partial charge in [0.2, 0.25) is 5.91 Å². The van der Waals surface area contributed by atoms with Crippen LogP contribution in [0.3, 0.4) is 0 Å². The van der Waals surface area contributed by atoms with Gasteiger partial charge >= 0.3 is 5.82 Å². The Morgan fingerprint density at radius 3 is 2.52 bits per heavy atom. The number of hydrogen-bond acceptors (Lipinski definition) is 5. The van der Waals surface area contributed by atoms with Gasteiger partial charge in [-0.25, -0.2) is 0 Å². The second kappa shape index (κ2) is 6.19. The molecular weight excluding hydrogens is 300 g/mol. The second-order valence-corrected chi connectivity index (χ2v) is 5.56. The summed E-state index contributed by atoms with van der Waals surface area (Å²) in [5, 5.41) is 21.7. The van der Waals surface area contributed by atoms with E-state index in [0.717, 1.165) is 11.3 Å². The van der Waals surface area contributed by atoms with Crippen molar-refractivity contribution in [3.63, 3.8) is 0 Å². The van der Waals surface area contributed by atoms with Crippen molar-refractivity contribution in [2.45, 2.75) is 39.8 Å². The maximum Gasteiger partial charge on any atom is 0.390 e. The molecule has 1 N–H and O–H groups in total. The summed E-state index contributed by atoms with van der Waals surface area (Å²) in [5.74, 6) is -0.528. The van der Waals surface area contributed by atoms with Crippen LogP contribution in [0.2, 0.25) is 0 Å². The molecule has 0 aromatic carbocycles. The molecule has 0 radical (unpaired) electrons. The zero-order valence-corrected chi connectivity index (χ0v) is 13.8. The fraction of sp³-hybridized carbons (Fsp3) is 0.500. The first-order chi connectivity index (χ1) is 10.7. The number of rotatable bonds is 5. The van der Waals surface area contributed by atoms with Crippen LogP contribution in [0.15, 0.2) is 12.3 Å². The van der Waals surface area contributed by atoms with Crippen LogP contribution in [0, 0.1) is 24.0 Å². The Morgan fingerprint density at radius 2 is 2.04 bits per heavy atom. The molecule has 0 saturated heterocycles. The van der Waals surface area contributed by atoms with E-state index in [0.29, 0.717) is 5.69 Å². The summed E-state index contributed by atoms with van der Waals surface area (Å²) in [6, 6.07) is 0.478. The average Bonchev–Trinajstić information content (AvgIpc) is 3.02. The number of carbonyl (C=O) groups is 1. The topological polar surface area (TPSA) is 108 Å². The van der Waals surface area contributed by atoms with Gasteiger partial charge in [0, 0.05) is 18.3 Å². The van der Waals surface area contributed by atoms with E-state index in [2.05, 4.69) is 15.5 Å². The van der Waals surface area contributed by atoms with Crippen LogP contribution < -0.4 is 5.32 Å².